The van der Waals surface area contributed by atoms with Crippen molar-refractivity contribution in [2.75, 3.05) is 14.2 Å². The molecule has 0 aliphatic rings. The summed E-state index contributed by atoms with van der Waals surface area (Å²) in [6, 6.07) is 12.4. The van der Waals surface area contributed by atoms with Gasteiger partial charge in [-0.2, -0.15) is 0 Å². The largest absolute Gasteiger partial charge is 0.496 e. The molecule has 0 heterocycles. The van der Waals surface area contributed by atoms with Crippen LogP contribution in [0.15, 0.2) is 43.0 Å². The molecule has 2 heteroatoms. The first-order chi connectivity index (χ1) is 9.56. The lowest BCUT2D eigenvalue weighted by Crippen LogP contribution is -1.96. The minimum atomic E-state index is 0.786. The molecule has 0 aliphatic heterocycles. The van der Waals surface area contributed by atoms with Gasteiger partial charge in [0.15, 0.2) is 0 Å². The van der Waals surface area contributed by atoms with Gasteiger partial charge in [0.05, 0.1) is 19.8 Å². The van der Waals surface area contributed by atoms with Crippen molar-refractivity contribution in [2.24, 2.45) is 0 Å². The third kappa shape index (κ3) is 2.69. The molecule has 0 radical (unpaired) electrons. The Morgan fingerprint density at radius 2 is 1.55 bits per heavy atom. The lowest BCUT2D eigenvalue weighted by atomic mass is 9.98. The zero-order valence-electron chi connectivity index (χ0n) is 12.5. The van der Waals surface area contributed by atoms with Gasteiger partial charge < -0.3 is 9.47 Å². The molecule has 2 aromatic rings. The molecule has 0 saturated carbocycles. The molecule has 0 atom stereocenters. The van der Waals surface area contributed by atoms with Crippen LogP contribution >= 0.6 is 0 Å². The minimum absolute atomic E-state index is 0.786. The molecule has 0 N–H and O–H groups in total. The lowest BCUT2D eigenvalue weighted by Gasteiger charge is -2.15. The van der Waals surface area contributed by atoms with Crippen molar-refractivity contribution in [3.8, 4) is 22.6 Å². The molecule has 0 spiro atoms. The number of allylic oxidation sites excluding steroid dienone is 1. The number of hydrogen-bond acceptors (Lipinski definition) is 2. The Hall–Kier alpha value is -2.22. The third-order valence-electron chi connectivity index (χ3n) is 3.28. The highest BCUT2D eigenvalue weighted by atomic mass is 16.5. The van der Waals surface area contributed by atoms with Crippen molar-refractivity contribution in [1.29, 1.82) is 0 Å². The van der Waals surface area contributed by atoms with E-state index in [1.165, 1.54) is 5.56 Å². The van der Waals surface area contributed by atoms with Crippen LogP contribution in [-0.2, 0) is 0 Å². The maximum Gasteiger partial charge on any atom is 0.130 e. The van der Waals surface area contributed by atoms with Gasteiger partial charge in [-0.15, -0.1) is 0 Å². The molecule has 0 bridgehead atoms. The molecule has 0 aliphatic carbocycles. The number of hydrogen-bond donors (Lipinski definition) is 0. The summed E-state index contributed by atoms with van der Waals surface area (Å²) in [6.45, 7) is 8.03. The summed E-state index contributed by atoms with van der Waals surface area (Å²) in [7, 11) is 3.34. The SMILES string of the molecule is C=C(C)c1c(OC)cc(-c2cccc(C)c2)cc1OC. The van der Waals surface area contributed by atoms with E-state index >= 15 is 0 Å². The summed E-state index contributed by atoms with van der Waals surface area (Å²) in [6.07, 6.45) is 0. The third-order valence-corrected chi connectivity index (χ3v) is 3.28. The number of benzene rings is 2. The summed E-state index contributed by atoms with van der Waals surface area (Å²) < 4.78 is 11.0. The summed E-state index contributed by atoms with van der Waals surface area (Å²) >= 11 is 0. The van der Waals surface area contributed by atoms with Crippen LogP contribution in [0.3, 0.4) is 0 Å². The van der Waals surface area contributed by atoms with E-state index in [0.29, 0.717) is 0 Å². The Kier molecular flexibility index (Phi) is 4.14. The molecule has 20 heavy (non-hydrogen) atoms. The summed E-state index contributed by atoms with van der Waals surface area (Å²) in [4.78, 5) is 0. The van der Waals surface area contributed by atoms with E-state index in [4.69, 9.17) is 9.47 Å². The molecule has 0 aromatic heterocycles. The van der Waals surface area contributed by atoms with Crippen LogP contribution in [0.4, 0.5) is 0 Å². The van der Waals surface area contributed by atoms with E-state index in [2.05, 4.69) is 37.8 Å². The second-order valence-corrected chi connectivity index (χ2v) is 4.91. The Morgan fingerprint density at radius 3 is 2.00 bits per heavy atom. The first-order valence-corrected chi connectivity index (χ1v) is 6.55. The molecule has 0 amide bonds. The van der Waals surface area contributed by atoms with Crippen LogP contribution in [0, 0.1) is 6.92 Å². The maximum atomic E-state index is 5.50. The van der Waals surface area contributed by atoms with Gasteiger partial charge in [0.25, 0.3) is 0 Å². The normalized spacial score (nSPS) is 10.2. The van der Waals surface area contributed by atoms with Gasteiger partial charge in [0, 0.05) is 0 Å². The Labute approximate surface area is 120 Å². The molecule has 104 valence electrons. The van der Waals surface area contributed by atoms with Crippen molar-refractivity contribution in [3.05, 3.63) is 54.1 Å². The van der Waals surface area contributed by atoms with Crippen molar-refractivity contribution >= 4 is 5.57 Å². The highest BCUT2D eigenvalue weighted by molar-refractivity contribution is 5.78. The standard InChI is InChI=1S/C18H20O2/c1-12(2)18-16(19-4)10-15(11-17(18)20-5)14-8-6-7-13(3)9-14/h6-11H,1H2,2-5H3. The molecule has 2 aromatic carbocycles. The van der Waals surface area contributed by atoms with Gasteiger partial charge >= 0.3 is 0 Å². The summed E-state index contributed by atoms with van der Waals surface area (Å²) in [5, 5.41) is 0. The molecule has 0 fully saturated rings. The fourth-order valence-corrected chi connectivity index (χ4v) is 2.32. The van der Waals surface area contributed by atoms with Crippen molar-refractivity contribution in [1.82, 2.24) is 0 Å². The maximum absolute atomic E-state index is 5.50. The fraction of sp³-hybridized carbons (Fsp3) is 0.222. The molecular weight excluding hydrogens is 248 g/mol. The van der Waals surface area contributed by atoms with Crippen LogP contribution in [0.25, 0.3) is 16.7 Å². The van der Waals surface area contributed by atoms with Gasteiger partial charge in [-0.1, -0.05) is 36.4 Å². The smallest absolute Gasteiger partial charge is 0.130 e. The van der Waals surface area contributed by atoms with Gasteiger partial charge in [-0.3, -0.25) is 0 Å². The topological polar surface area (TPSA) is 18.5 Å². The number of ether oxygens (including phenoxy) is 2. The van der Waals surface area contributed by atoms with Crippen LogP contribution in [0.1, 0.15) is 18.1 Å². The van der Waals surface area contributed by atoms with Crippen molar-refractivity contribution in [2.45, 2.75) is 13.8 Å². The van der Waals surface area contributed by atoms with Crippen LogP contribution in [-0.4, -0.2) is 14.2 Å². The summed E-state index contributed by atoms with van der Waals surface area (Å²) in [5.74, 6) is 1.57. The van der Waals surface area contributed by atoms with Crippen LogP contribution in [0.2, 0.25) is 0 Å². The van der Waals surface area contributed by atoms with Crippen LogP contribution < -0.4 is 9.47 Å². The highest BCUT2D eigenvalue weighted by Gasteiger charge is 2.14. The summed E-state index contributed by atoms with van der Waals surface area (Å²) in [5.41, 5.74) is 5.30. The Morgan fingerprint density at radius 1 is 0.950 bits per heavy atom. The number of rotatable bonds is 4. The predicted octanol–water partition coefficient (Wildman–Crippen LogP) is 4.71. The van der Waals surface area contributed by atoms with Crippen molar-refractivity contribution in [3.63, 3.8) is 0 Å². The van der Waals surface area contributed by atoms with E-state index in [-0.39, 0.29) is 0 Å². The Bertz CT molecular complexity index is 617. The average Bonchev–Trinajstić information content (AvgIpc) is 2.45. The zero-order chi connectivity index (χ0) is 14.7. The second-order valence-electron chi connectivity index (χ2n) is 4.91. The minimum Gasteiger partial charge on any atom is -0.496 e. The quantitative estimate of drug-likeness (QED) is 0.799. The van der Waals surface area contributed by atoms with E-state index in [1.54, 1.807) is 14.2 Å². The molecule has 2 rings (SSSR count). The predicted molar refractivity (Wildman–Crippen MR) is 84.4 cm³/mol. The second kappa shape index (κ2) is 5.83. The van der Waals surface area contributed by atoms with E-state index in [1.807, 2.05) is 19.1 Å². The van der Waals surface area contributed by atoms with E-state index in [9.17, 15) is 0 Å². The molecule has 0 unspecified atom stereocenters. The Balaban J connectivity index is 2.65. The van der Waals surface area contributed by atoms with Gasteiger partial charge in [0.1, 0.15) is 11.5 Å². The number of aryl methyl sites for hydroxylation is 1. The number of methoxy groups -OCH3 is 2. The first-order valence-electron chi connectivity index (χ1n) is 6.55. The van der Waals surface area contributed by atoms with E-state index < -0.39 is 0 Å². The molecular formula is C18H20O2. The highest BCUT2D eigenvalue weighted by Crippen LogP contribution is 2.38. The average molecular weight is 268 g/mol. The molecule has 2 nitrogen and oxygen atoms in total. The van der Waals surface area contributed by atoms with Gasteiger partial charge in [-0.25, -0.2) is 0 Å². The zero-order valence-corrected chi connectivity index (χ0v) is 12.5. The van der Waals surface area contributed by atoms with Gasteiger partial charge in [0.2, 0.25) is 0 Å². The van der Waals surface area contributed by atoms with Crippen molar-refractivity contribution < 1.29 is 9.47 Å². The molecule has 0 saturated heterocycles. The first kappa shape index (κ1) is 14.2. The monoisotopic (exact) mass is 268 g/mol. The lowest BCUT2D eigenvalue weighted by molar-refractivity contribution is 0.392. The van der Waals surface area contributed by atoms with Gasteiger partial charge in [-0.05, 0) is 42.7 Å². The van der Waals surface area contributed by atoms with E-state index in [0.717, 1.165) is 33.8 Å². The fourth-order valence-electron chi connectivity index (χ4n) is 2.32. The van der Waals surface area contributed by atoms with Crippen LogP contribution in [0.5, 0.6) is 11.5 Å².